The first kappa shape index (κ1) is 28.4. The van der Waals surface area contributed by atoms with E-state index in [2.05, 4.69) is 36.6 Å². The monoisotopic (exact) mass is 523 g/mol. The molecule has 208 valence electrons. The van der Waals surface area contributed by atoms with Gasteiger partial charge in [0, 0.05) is 18.8 Å². The van der Waals surface area contributed by atoms with E-state index in [9.17, 15) is 4.79 Å². The van der Waals surface area contributed by atoms with E-state index in [1.807, 2.05) is 18.2 Å². The summed E-state index contributed by atoms with van der Waals surface area (Å²) in [4.78, 5) is 15.9. The van der Waals surface area contributed by atoms with E-state index in [1.165, 1.54) is 49.8 Å². The second kappa shape index (κ2) is 13.4. The summed E-state index contributed by atoms with van der Waals surface area (Å²) in [5.74, 6) is 1.08. The van der Waals surface area contributed by atoms with Crippen molar-refractivity contribution in [3.05, 3.63) is 52.7 Å². The molecule has 0 saturated heterocycles. The van der Waals surface area contributed by atoms with Crippen LogP contribution in [0.1, 0.15) is 87.2 Å². The molecule has 0 spiro atoms. The lowest BCUT2D eigenvalue weighted by Gasteiger charge is -2.27. The molecule has 0 amide bonds. The fraction of sp³-hybridized carbons (Fsp3) is 0.613. The number of carbonyl (C=O) groups is 1. The Morgan fingerprint density at radius 1 is 1.21 bits per heavy atom. The van der Waals surface area contributed by atoms with Crippen LogP contribution in [-0.2, 0) is 28.8 Å². The number of hydrogen-bond acceptors (Lipinski definition) is 6. The number of likely N-dealkylation sites (N-methyl/N-ethyl adjacent to an activating group) is 1. The van der Waals surface area contributed by atoms with Gasteiger partial charge in [-0.15, -0.1) is 0 Å². The Morgan fingerprint density at radius 3 is 2.84 bits per heavy atom. The Bertz CT molecular complexity index is 1070. The van der Waals surface area contributed by atoms with Crippen LogP contribution in [0, 0.1) is 5.41 Å². The van der Waals surface area contributed by atoms with Gasteiger partial charge in [-0.2, -0.15) is 0 Å². The van der Waals surface area contributed by atoms with Crippen LogP contribution in [0.5, 0.6) is 5.75 Å². The SMILES string of the molecule is CC1(C)CCCC1OCCCCc1ccc2c(n1)NCCC2.CNC(C(=O)O)c1cccc2c1CCCO2. The fourth-order valence-corrected chi connectivity index (χ4v) is 5.84. The Kier molecular flexibility index (Phi) is 10.0. The minimum atomic E-state index is -0.860. The molecular formula is C31H45N3O4. The van der Waals surface area contributed by atoms with Crippen LogP contribution in [0.3, 0.4) is 0 Å². The maximum atomic E-state index is 11.1. The number of fused-ring (bicyclic) bond motifs is 2. The van der Waals surface area contributed by atoms with Crippen molar-refractivity contribution >= 4 is 11.8 Å². The number of hydrogen-bond donors (Lipinski definition) is 3. The van der Waals surface area contributed by atoms with E-state index in [4.69, 9.17) is 19.6 Å². The highest BCUT2D eigenvalue weighted by Crippen LogP contribution is 2.39. The number of aryl methyl sites for hydroxylation is 2. The molecule has 3 heterocycles. The number of rotatable bonds is 9. The number of unbranched alkanes of at least 4 members (excludes halogenated alkanes) is 1. The number of ether oxygens (including phenoxy) is 2. The summed E-state index contributed by atoms with van der Waals surface area (Å²) in [6, 6.07) is 9.38. The second-order valence-corrected chi connectivity index (χ2v) is 11.4. The van der Waals surface area contributed by atoms with Gasteiger partial charge in [-0.3, -0.25) is 4.79 Å². The summed E-state index contributed by atoms with van der Waals surface area (Å²) in [5.41, 5.74) is 4.81. The van der Waals surface area contributed by atoms with E-state index in [-0.39, 0.29) is 0 Å². The number of carboxylic acid groups (broad SMARTS) is 1. The molecule has 1 aromatic heterocycles. The maximum absolute atomic E-state index is 11.1. The first-order valence-corrected chi connectivity index (χ1v) is 14.4. The molecule has 2 aliphatic heterocycles. The molecule has 3 N–H and O–H groups in total. The third-order valence-electron chi connectivity index (χ3n) is 8.10. The lowest BCUT2D eigenvalue weighted by atomic mass is 9.89. The van der Waals surface area contributed by atoms with Gasteiger partial charge < -0.3 is 25.2 Å². The van der Waals surface area contributed by atoms with Gasteiger partial charge >= 0.3 is 5.97 Å². The van der Waals surface area contributed by atoms with Crippen molar-refractivity contribution in [2.24, 2.45) is 5.41 Å². The number of carboxylic acids is 1. The second-order valence-electron chi connectivity index (χ2n) is 11.4. The van der Waals surface area contributed by atoms with Crippen molar-refractivity contribution in [3.63, 3.8) is 0 Å². The van der Waals surface area contributed by atoms with E-state index in [0.29, 0.717) is 18.1 Å². The van der Waals surface area contributed by atoms with Gasteiger partial charge in [0.1, 0.15) is 17.6 Å². The van der Waals surface area contributed by atoms with Gasteiger partial charge in [0.05, 0.1) is 12.7 Å². The highest BCUT2D eigenvalue weighted by Gasteiger charge is 2.34. The van der Waals surface area contributed by atoms with Crippen molar-refractivity contribution in [1.29, 1.82) is 0 Å². The van der Waals surface area contributed by atoms with Gasteiger partial charge in [-0.25, -0.2) is 4.98 Å². The van der Waals surface area contributed by atoms with Crippen molar-refractivity contribution in [3.8, 4) is 5.75 Å². The third-order valence-corrected chi connectivity index (χ3v) is 8.10. The van der Waals surface area contributed by atoms with Crippen molar-refractivity contribution in [2.75, 3.05) is 32.1 Å². The zero-order valence-electron chi connectivity index (χ0n) is 23.4. The van der Waals surface area contributed by atoms with Gasteiger partial charge in [-0.05, 0) is 99.1 Å². The summed E-state index contributed by atoms with van der Waals surface area (Å²) in [6.07, 6.45) is 11.9. The molecule has 1 aliphatic carbocycles. The van der Waals surface area contributed by atoms with Crippen LogP contribution >= 0.6 is 0 Å². The molecule has 0 bridgehead atoms. The van der Waals surface area contributed by atoms with Crippen LogP contribution in [-0.4, -0.2) is 49.0 Å². The molecule has 1 aromatic carbocycles. The third kappa shape index (κ3) is 7.26. The molecular weight excluding hydrogens is 478 g/mol. The first-order chi connectivity index (χ1) is 18.4. The topological polar surface area (TPSA) is 92.7 Å². The summed E-state index contributed by atoms with van der Waals surface area (Å²) >= 11 is 0. The molecule has 1 fully saturated rings. The summed E-state index contributed by atoms with van der Waals surface area (Å²) in [7, 11) is 1.65. The van der Waals surface area contributed by atoms with Gasteiger partial charge in [0.15, 0.2) is 0 Å². The van der Waals surface area contributed by atoms with Crippen molar-refractivity contribution in [2.45, 2.75) is 90.2 Å². The highest BCUT2D eigenvalue weighted by molar-refractivity contribution is 5.76. The van der Waals surface area contributed by atoms with Crippen LogP contribution in [0.4, 0.5) is 5.82 Å². The Balaban J connectivity index is 0.000000186. The average Bonchev–Trinajstić information content (AvgIpc) is 3.26. The zero-order chi connectivity index (χ0) is 27.0. The average molecular weight is 524 g/mol. The molecule has 1 saturated carbocycles. The minimum Gasteiger partial charge on any atom is -0.493 e. The number of aliphatic carboxylic acids is 1. The maximum Gasteiger partial charge on any atom is 0.325 e. The normalized spacial score (nSPS) is 20.1. The molecule has 2 aromatic rings. The van der Waals surface area contributed by atoms with Crippen LogP contribution in [0.2, 0.25) is 0 Å². The van der Waals surface area contributed by atoms with E-state index in [0.717, 1.165) is 61.5 Å². The van der Waals surface area contributed by atoms with Crippen LogP contribution < -0.4 is 15.4 Å². The Hall–Kier alpha value is -2.64. The van der Waals surface area contributed by atoms with E-state index < -0.39 is 12.0 Å². The number of nitrogens with zero attached hydrogens (tertiary/aromatic N) is 1. The molecule has 2 atom stereocenters. The number of aromatic nitrogens is 1. The smallest absolute Gasteiger partial charge is 0.325 e. The molecule has 5 rings (SSSR count). The lowest BCUT2D eigenvalue weighted by molar-refractivity contribution is -0.139. The summed E-state index contributed by atoms with van der Waals surface area (Å²) in [5, 5.41) is 15.4. The van der Waals surface area contributed by atoms with Gasteiger partial charge in [0.25, 0.3) is 0 Å². The van der Waals surface area contributed by atoms with Crippen LogP contribution in [0.25, 0.3) is 0 Å². The summed E-state index contributed by atoms with van der Waals surface area (Å²) < 4.78 is 11.6. The Labute approximate surface area is 227 Å². The minimum absolute atomic E-state index is 0.381. The quantitative estimate of drug-likeness (QED) is 0.362. The standard InChI is InChI=1S/C19H30N2O.C12H15NO3/c1-19(2)12-5-9-17(19)22-14-4-3-8-16-11-10-15-7-6-13-20-18(15)21-16;1-13-11(12(14)15)9-4-2-6-10-8(9)5-3-7-16-10/h10-11,17H,3-9,12-14H2,1-2H3,(H,20,21);2,4,6,11,13H,3,5,7H2,1H3,(H,14,15). The van der Waals surface area contributed by atoms with Crippen molar-refractivity contribution in [1.82, 2.24) is 10.3 Å². The van der Waals surface area contributed by atoms with E-state index in [1.54, 1.807) is 7.05 Å². The summed E-state index contributed by atoms with van der Waals surface area (Å²) in [6.45, 7) is 7.36. The molecule has 38 heavy (non-hydrogen) atoms. The largest absolute Gasteiger partial charge is 0.493 e. The van der Waals surface area contributed by atoms with Gasteiger partial charge in [-0.1, -0.05) is 38.5 Å². The first-order valence-electron chi connectivity index (χ1n) is 14.4. The predicted molar refractivity (Wildman–Crippen MR) is 151 cm³/mol. The van der Waals surface area contributed by atoms with E-state index >= 15 is 0 Å². The molecule has 7 nitrogen and oxygen atoms in total. The number of benzene rings is 1. The zero-order valence-corrected chi connectivity index (χ0v) is 23.4. The number of anilines is 1. The number of pyridine rings is 1. The molecule has 7 heteroatoms. The van der Waals surface area contributed by atoms with Crippen molar-refractivity contribution < 1.29 is 19.4 Å². The molecule has 2 unspecified atom stereocenters. The lowest BCUT2D eigenvalue weighted by Crippen LogP contribution is -2.27. The Morgan fingerprint density at radius 2 is 2.08 bits per heavy atom. The molecule has 0 radical (unpaired) electrons. The van der Waals surface area contributed by atoms with Gasteiger partial charge in [0.2, 0.25) is 0 Å². The predicted octanol–water partition coefficient (Wildman–Crippen LogP) is 5.71. The van der Waals surface area contributed by atoms with Crippen LogP contribution in [0.15, 0.2) is 30.3 Å². The highest BCUT2D eigenvalue weighted by atomic mass is 16.5. The molecule has 3 aliphatic rings. The number of nitrogens with one attached hydrogen (secondary N) is 2. The fourth-order valence-electron chi connectivity index (χ4n) is 5.84.